The number of carbonyl (C=O) groups is 1. The molecule has 0 unspecified atom stereocenters. The maximum absolute atomic E-state index is 12.2. The first-order chi connectivity index (χ1) is 8.90. The SMILES string of the molecule is CCC(CC)(CBr)NC(=O)c1ccc([N+](=O)[O-])n1C. The molecule has 19 heavy (non-hydrogen) atoms. The van der Waals surface area contributed by atoms with Crippen molar-refractivity contribution in [3.63, 3.8) is 0 Å². The van der Waals surface area contributed by atoms with E-state index in [1.807, 2.05) is 13.8 Å². The Bertz CT molecular complexity index is 472. The number of nitrogens with one attached hydrogen (secondary N) is 1. The highest BCUT2D eigenvalue weighted by atomic mass is 79.9. The Hall–Kier alpha value is -1.37. The summed E-state index contributed by atoms with van der Waals surface area (Å²) in [5, 5.41) is 14.4. The molecule has 0 aliphatic carbocycles. The van der Waals surface area contributed by atoms with Gasteiger partial charge in [0.25, 0.3) is 5.91 Å². The van der Waals surface area contributed by atoms with Crippen molar-refractivity contribution in [3.8, 4) is 0 Å². The fourth-order valence-electron chi connectivity index (χ4n) is 1.87. The molecule has 1 heterocycles. The van der Waals surface area contributed by atoms with Crippen LogP contribution >= 0.6 is 15.9 Å². The zero-order valence-corrected chi connectivity index (χ0v) is 12.9. The molecule has 1 aromatic rings. The highest BCUT2D eigenvalue weighted by Crippen LogP contribution is 2.20. The lowest BCUT2D eigenvalue weighted by Crippen LogP contribution is -2.49. The summed E-state index contributed by atoms with van der Waals surface area (Å²) >= 11 is 3.41. The van der Waals surface area contributed by atoms with Crippen LogP contribution in [-0.4, -0.2) is 26.3 Å². The Morgan fingerprint density at radius 1 is 1.47 bits per heavy atom. The van der Waals surface area contributed by atoms with Crippen LogP contribution in [0.2, 0.25) is 0 Å². The van der Waals surface area contributed by atoms with E-state index in [-0.39, 0.29) is 17.3 Å². The molecule has 1 rings (SSSR count). The molecule has 0 fully saturated rings. The van der Waals surface area contributed by atoms with Crippen molar-refractivity contribution < 1.29 is 9.72 Å². The van der Waals surface area contributed by atoms with Crippen LogP contribution in [0.15, 0.2) is 12.1 Å². The van der Waals surface area contributed by atoms with E-state index in [2.05, 4.69) is 21.2 Å². The van der Waals surface area contributed by atoms with E-state index < -0.39 is 4.92 Å². The molecule has 0 aromatic carbocycles. The summed E-state index contributed by atoms with van der Waals surface area (Å²) in [6, 6.07) is 2.81. The first kappa shape index (κ1) is 15.7. The van der Waals surface area contributed by atoms with Crippen molar-refractivity contribution in [2.75, 3.05) is 5.33 Å². The van der Waals surface area contributed by atoms with Crippen LogP contribution in [0.3, 0.4) is 0 Å². The number of amides is 1. The summed E-state index contributed by atoms with van der Waals surface area (Å²) in [6.45, 7) is 4.00. The van der Waals surface area contributed by atoms with Crippen LogP contribution in [-0.2, 0) is 7.05 Å². The highest BCUT2D eigenvalue weighted by molar-refractivity contribution is 9.09. The minimum Gasteiger partial charge on any atom is -0.358 e. The third-order valence-corrected chi connectivity index (χ3v) is 4.58. The molecular weight excluding hydrogens is 314 g/mol. The molecule has 0 atom stereocenters. The number of carbonyl (C=O) groups excluding carboxylic acids is 1. The summed E-state index contributed by atoms with van der Waals surface area (Å²) in [5.74, 6) is -0.388. The van der Waals surface area contributed by atoms with E-state index in [1.54, 1.807) is 0 Å². The second-order valence-electron chi connectivity index (χ2n) is 4.47. The lowest BCUT2D eigenvalue weighted by Gasteiger charge is -2.30. The maximum atomic E-state index is 12.2. The molecule has 6 nitrogen and oxygen atoms in total. The monoisotopic (exact) mass is 331 g/mol. The molecule has 1 amide bonds. The highest BCUT2D eigenvalue weighted by Gasteiger charge is 2.30. The van der Waals surface area contributed by atoms with Gasteiger partial charge in [-0.25, -0.2) is 4.57 Å². The predicted molar refractivity (Wildman–Crippen MR) is 76.6 cm³/mol. The van der Waals surface area contributed by atoms with Gasteiger partial charge in [-0.15, -0.1) is 0 Å². The average molecular weight is 332 g/mol. The fraction of sp³-hybridized carbons (Fsp3) is 0.583. The van der Waals surface area contributed by atoms with E-state index in [1.165, 1.54) is 23.7 Å². The van der Waals surface area contributed by atoms with Crippen molar-refractivity contribution >= 4 is 27.7 Å². The number of hydrogen-bond acceptors (Lipinski definition) is 3. The molecule has 1 N–H and O–H groups in total. The zero-order valence-electron chi connectivity index (χ0n) is 11.3. The van der Waals surface area contributed by atoms with Crippen molar-refractivity contribution in [2.24, 2.45) is 7.05 Å². The summed E-state index contributed by atoms with van der Waals surface area (Å²) in [4.78, 5) is 22.5. The number of nitrogens with zero attached hydrogens (tertiary/aromatic N) is 2. The Balaban J connectivity index is 2.99. The minimum atomic E-state index is -0.506. The number of halogens is 1. The van der Waals surface area contributed by atoms with Crippen LogP contribution in [0.4, 0.5) is 5.82 Å². The molecule has 7 heteroatoms. The Morgan fingerprint density at radius 2 is 2.05 bits per heavy atom. The van der Waals surface area contributed by atoms with Crippen LogP contribution in [0.1, 0.15) is 37.2 Å². The van der Waals surface area contributed by atoms with Crippen LogP contribution in [0, 0.1) is 10.1 Å². The number of aromatic nitrogens is 1. The van der Waals surface area contributed by atoms with Crippen LogP contribution in [0.5, 0.6) is 0 Å². The molecule has 106 valence electrons. The molecule has 1 aromatic heterocycles. The predicted octanol–water partition coefficient (Wildman–Crippen LogP) is 2.62. The van der Waals surface area contributed by atoms with Gasteiger partial charge in [-0.2, -0.15) is 0 Å². The molecule has 0 aliphatic rings. The summed E-state index contributed by atoms with van der Waals surface area (Å²) in [6.07, 6.45) is 1.57. The minimum absolute atomic E-state index is 0.0948. The van der Waals surface area contributed by atoms with E-state index in [0.29, 0.717) is 11.0 Å². The summed E-state index contributed by atoms with van der Waals surface area (Å²) in [5.41, 5.74) is -0.0326. The van der Waals surface area contributed by atoms with Crippen LogP contribution < -0.4 is 5.32 Å². The van der Waals surface area contributed by atoms with Gasteiger partial charge >= 0.3 is 5.82 Å². The normalized spacial score (nSPS) is 11.4. The molecule has 0 saturated heterocycles. The number of nitro groups is 1. The van der Waals surface area contributed by atoms with Crippen molar-refractivity contribution in [2.45, 2.75) is 32.2 Å². The van der Waals surface area contributed by atoms with E-state index in [9.17, 15) is 14.9 Å². The quantitative estimate of drug-likeness (QED) is 0.494. The van der Waals surface area contributed by atoms with E-state index in [0.717, 1.165) is 12.8 Å². The van der Waals surface area contributed by atoms with E-state index >= 15 is 0 Å². The molecule has 0 aliphatic heterocycles. The summed E-state index contributed by atoms with van der Waals surface area (Å²) < 4.78 is 1.29. The largest absolute Gasteiger partial charge is 0.358 e. The van der Waals surface area contributed by atoms with Gasteiger partial charge < -0.3 is 15.4 Å². The topological polar surface area (TPSA) is 77.2 Å². The Kier molecular flexibility index (Phi) is 5.11. The van der Waals surface area contributed by atoms with Crippen LogP contribution in [0.25, 0.3) is 0 Å². The maximum Gasteiger partial charge on any atom is 0.323 e. The summed E-state index contributed by atoms with van der Waals surface area (Å²) in [7, 11) is 1.51. The number of hydrogen-bond donors (Lipinski definition) is 1. The first-order valence-electron chi connectivity index (χ1n) is 6.09. The van der Waals surface area contributed by atoms with Gasteiger partial charge in [0.1, 0.15) is 0 Å². The van der Waals surface area contributed by atoms with Gasteiger partial charge in [0, 0.05) is 16.9 Å². The molecule has 0 bridgehead atoms. The fourth-order valence-corrected chi connectivity index (χ4v) is 2.80. The second-order valence-corrected chi connectivity index (χ2v) is 5.03. The number of alkyl halides is 1. The van der Waals surface area contributed by atoms with Gasteiger partial charge in [-0.3, -0.25) is 4.79 Å². The van der Waals surface area contributed by atoms with Crippen molar-refractivity contribution in [1.82, 2.24) is 9.88 Å². The molecule has 0 saturated carbocycles. The first-order valence-corrected chi connectivity index (χ1v) is 7.21. The molecule has 0 spiro atoms. The third kappa shape index (κ3) is 3.15. The van der Waals surface area contributed by atoms with E-state index in [4.69, 9.17) is 0 Å². The van der Waals surface area contributed by atoms with Crippen molar-refractivity contribution in [1.29, 1.82) is 0 Å². The average Bonchev–Trinajstić information content (AvgIpc) is 2.78. The Labute approximate surface area is 120 Å². The van der Waals surface area contributed by atoms with Gasteiger partial charge in [-0.1, -0.05) is 29.8 Å². The lowest BCUT2D eigenvalue weighted by molar-refractivity contribution is -0.391. The second kappa shape index (κ2) is 6.18. The lowest BCUT2D eigenvalue weighted by atomic mass is 9.95. The van der Waals surface area contributed by atoms with Gasteiger partial charge in [-0.05, 0) is 23.8 Å². The van der Waals surface area contributed by atoms with Crippen molar-refractivity contribution in [3.05, 3.63) is 27.9 Å². The smallest absolute Gasteiger partial charge is 0.323 e. The number of rotatable bonds is 6. The van der Waals surface area contributed by atoms with Gasteiger partial charge in [0.2, 0.25) is 0 Å². The third-order valence-electron chi connectivity index (χ3n) is 3.50. The van der Waals surface area contributed by atoms with Gasteiger partial charge in [0.05, 0.1) is 7.05 Å². The Morgan fingerprint density at radius 3 is 2.42 bits per heavy atom. The standard InChI is InChI=1S/C12H18BrN3O3/c1-4-12(5-2,8-13)14-11(17)9-6-7-10(15(9)3)16(18)19/h6-7H,4-5,8H2,1-3H3,(H,14,17). The van der Waals surface area contributed by atoms with Gasteiger partial charge in [0.15, 0.2) is 5.69 Å². The molecule has 0 radical (unpaired) electrons. The zero-order chi connectivity index (χ0) is 14.6. The molecular formula is C12H18BrN3O3.